The summed E-state index contributed by atoms with van der Waals surface area (Å²) in [5.41, 5.74) is 5.62. The van der Waals surface area contributed by atoms with Gasteiger partial charge in [-0.05, 0) is 84.7 Å². The van der Waals surface area contributed by atoms with Crippen molar-refractivity contribution in [2.24, 2.45) is 40.4 Å². The predicted octanol–water partition coefficient (Wildman–Crippen LogP) is 7.91. The lowest BCUT2D eigenvalue weighted by Gasteiger charge is -2.50. The van der Waals surface area contributed by atoms with Gasteiger partial charge in [0.05, 0.1) is 6.10 Å². The van der Waals surface area contributed by atoms with Crippen molar-refractivity contribution in [1.82, 2.24) is 0 Å². The second kappa shape index (κ2) is 8.12. The van der Waals surface area contributed by atoms with Gasteiger partial charge >= 0.3 is 0 Å². The van der Waals surface area contributed by atoms with Gasteiger partial charge in [0.15, 0.2) is 0 Å². The van der Waals surface area contributed by atoms with Crippen LogP contribution in [0.4, 0.5) is 0 Å². The van der Waals surface area contributed by atoms with Crippen LogP contribution in [0.2, 0.25) is 0 Å². The van der Waals surface area contributed by atoms with E-state index in [-0.39, 0.29) is 5.41 Å². The van der Waals surface area contributed by atoms with E-state index in [0.29, 0.717) is 23.4 Å². The van der Waals surface area contributed by atoms with Crippen LogP contribution in [0.25, 0.3) is 0 Å². The Kier molecular flexibility index (Phi) is 5.99. The molecule has 0 amide bonds. The standard InChI is InChI=1S/C29H44O/c1-19(2)20(3)8-9-21(4)25-12-13-26-24-11-10-22-18-23(30-7)14-16-28(22,5)27(24)15-17-29(25,26)6/h8-11,15,19-21,23,25-26H,12-14,16-18H2,1-7H3/b9-8+/t20-,21+,23-,25+,26-,28-,29+/m0/s1. The highest BCUT2D eigenvalue weighted by molar-refractivity contribution is 5.53. The summed E-state index contributed by atoms with van der Waals surface area (Å²) in [6.07, 6.45) is 20.6. The smallest absolute Gasteiger partial charge is 0.0609 e. The molecule has 2 fully saturated rings. The Hall–Kier alpha value is -1.08. The molecular formula is C29H44O. The van der Waals surface area contributed by atoms with Gasteiger partial charge in [0, 0.05) is 12.5 Å². The summed E-state index contributed by atoms with van der Waals surface area (Å²) in [6.45, 7) is 14.6. The van der Waals surface area contributed by atoms with Crippen molar-refractivity contribution in [2.75, 3.05) is 7.11 Å². The largest absolute Gasteiger partial charge is 0.381 e. The molecule has 30 heavy (non-hydrogen) atoms. The van der Waals surface area contributed by atoms with E-state index in [1.807, 2.05) is 7.11 Å². The zero-order valence-corrected chi connectivity index (χ0v) is 20.5. The zero-order valence-electron chi connectivity index (χ0n) is 20.5. The van der Waals surface area contributed by atoms with Crippen LogP contribution >= 0.6 is 0 Å². The van der Waals surface area contributed by atoms with E-state index in [4.69, 9.17) is 4.74 Å². The average molecular weight is 409 g/mol. The minimum Gasteiger partial charge on any atom is -0.381 e. The fourth-order valence-corrected chi connectivity index (χ4v) is 7.15. The molecule has 0 aliphatic heterocycles. The quantitative estimate of drug-likeness (QED) is 0.420. The number of ether oxygens (including phenoxy) is 1. The summed E-state index contributed by atoms with van der Waals surface area (Å²) in [5, 5.41) is 0. The van der Waals surface area contributed by atoms with Gasteiger partial charge < -0.3 is 4.74 Å². The molecule has 0 spiro atoms. The first-order chi connectivity index (χ1) is 14.2. The molecule has 0 radical (unpaired) electrons. The molecule has 0 heterocycles. The lowest BCUT2D eigenvalue weighted by molar-refractivity contribution is 0.0654. The summed E-state index contributed by atoms with van der Waals surface area (Å²) in [4.78, 5) is 0. The molecule has 2 saturated carbocycles. The highest BCUT2D eigenvalue weighted by Crippen LogP contribution is 2.64. The van der Waals surface area contributed by atoms with Gasteiger partial charge in [0.1, 0.15) is 0 Å². The van der Waals surface area contributed by atoms with Crippen LogP contribution in [-0.4, -0.2) is 13.2 Å². The SMILES string of the molecule is CO[C@H]1CC[C@@]2(C)C(=CC=C3C2=CC[C@]2(C)[C@@H]([C@H](C)/C=C/[C@H](C)C(C)C)CC[C@@H]32)C1. The van der Waals surface area contributed by atoms with Gasteiger partial charge in [-0.2, -0.15) is 0 Å². The summed E-state index contributed by atoms with van der Waals surface area (Å²) in [5.74, 6) is 3.58. The van der Waals surface area contributed by atoms with Gasteiger partial charge in [0.2, 0.25) is 0 Å². The third-order valence-corrected chi connectivity index (χ3v) is 9.76. The molecule has 166 valence electrons. The number of fused-ring (bicyclic) bond motifs is 5. The van der Waals surface area contributed by atoms with Gasteiger partial charge in [0.25, 0.3) is 0 Å². The van der Waals surface area contributed by atoms with Crippen LogP contribution in [0.5, 0.6) is 0 Å². The van der Waals surface area contributed by atoms with Crippen molar-refractivity contribution in [2.45, 2.75) is 86.2 Å². The van der Waals surface area contributed by atoms with Crippen LogP contribution in [0.15, 0.2) is 47.1 Å². The number of hydrogen-bond acceptors (Lipinski definition) is 1. The maximum absolute atomic E-state index is 5.71. The van der Waals surface area contributed by atoms with E-state index >= 15 is 0 Å². The third-order valence-electron chi connectivity index (χ3n) is 9.76. The van der Waals surface area contributed by atoms with Gasteiger partial charge in [-0.25, -0.2) is 0 Å². The molecule has 4 aliphatic rings. The van der Waals surface area contributed by atoms with Crippen molar-refractivity contribution in [3.63, 3.8) is 0 Å². The first-order valence-electron chi connectivity index (χ1n) is 12.5. The van der Waals surface area contributed by atoms with E-state index < -0.39 is 0 Å². The second-order valence-corrected chi connectivity index (χ2v) is 11.7. The molecule has 0 unspecified atom stereocenters. The van der Waals surface area contributed by atoms with Crippen LogP contribution in [0.1, 0.15) is 80.1 Å². The fraction of sp³-hybridized carbons (Fsp3) is 0.724. The molecule has 4 aliphatic carbocycles. The topological polar surface area (TPSA) is 9.23 Å². The first-order valence-corrected chi connectivity index (χ1v) is 12.5. The van der Waals surface area contributed by atoms with Crippen LogP contribution in [-0.2, 0) is 4.74 Å². The van der Waals surface area contributed by atoms with Crippen molar-refractivity contribution in [3.05, 3.63) is 47.1 Å². The van der Waals surface area contributed by atoms with E-state index in [9.17, 15) is 0 Å². The first kappa shape index (κ1) is 22.1. The number of methoxy groups -OCH3 is 1. The lowest BCUT2D eigenvalue weighted by atomic mass is 9.54. The number of hydrogen-bond donors (Lipinski definition) is 0. The Labute approximate surface area is 185 Å². The highest BCUT2D eigenvalue weighted by Gasteiger charge is 2.54. The van der Waals surface area contributed by atoms with Crippen LogP contribution in [0.3, 0.4) is 0 Å². The summed E-state index contributed by atoms with van der Waals surface area (Å²) >= 11 is 0. The van der Waals surface area contributed by atoms with Crippen molar-refractivity contribution < 1.29 is 4.74 Å². The van der Waals surface area contributed by atoms with Gasteiger partial charge in [-0.3, -0.25) is 0 Å². The highest BCUT2D eigenvalue weighted by atomic mass is 16.5. The molecule has 0 bridgehead atoms. The third kappa shape index (κ3) is 3.50. The summed E-state index contributed by atoms with van der Waals surface area (Å²) < 4.78 is 5.71. The number of rotatable bonds is 5. The maximum atomic E-state index is 5.71. The molecule has 0 N–H and O–H groups in total. The molecular weight excluding hydrogens is 364 g/mol. The normalized spacial score (nSPS) is 40.3. The molecule has 1 nitrogen and oxygen atoms in total. The molecule has 0 aromatic carbocycles. The minimum atomic E-state index is 0.247. The minimum absolute atomic E-state index is 0.247. The Bertz CT molecular complexity index is 780. The van der Waals surface area contributed by atoms with E-state index in [1.54, 1.807) is 16.7 Å². The maximum Gasteiger partial charge on any atom is 0.0609 e. The Morgan fingerprint density at radius 3 is 2.50 bits per heavy atom. The second-order valence-electron chi connectivity index (χ2n) is 11.7. The summed E-state index contributed by atoms with van der Waals surface area (Å²) in [6, 6.07) is 0. The number of allylic oxidation sites excluding steroid dienone is 7. The molecule has 0 aromatic rings. The molecule has 4 rings (SSSR count). The molecule has 7 atom stereocenters. The Morgan fingerprint density at radius 2 is 1.80 bits per heavy atom. The molecule has 0 aromatic heterocycles. The monoisotopic (exact) mass is 408 g/mol. The zero-order chi connectivity index (χ0) is 21.7. The van der Waals surface area contributed by atoms with E-state index in [0.717, 1.165) is 24.2 Å². The Morgan fingerprint density at radius 1 is 1.03 bits per heavy atom. The average Bonchev–Trinajstić information content (AvgIpc) is 3.08. The van der Waals surface area contributed by atoms with Gasteiger partial charge in [-0.1, -0.05) is 77.5 Å². The van der Waals surface area contributed by atoms with E-state index in [1.165, 1.54) is 32.1 Å². The van der Waals surface area contributed by atoms with Crippen molar-refractivity contribution >= 4 is 0 Å². The van der Waals surface area contributed by atoms with Crippen LogP contribution in [0, 0.1) is 40.4 Å². The van der Waals surface area contributed by atoms with Crippen LogP contribution < -0.4 is 0 Å². The van der Waals surface area contributed by atoms with E-state index in [2.05, 4.69) is 71.9 Å². The lowest BCUT2D eigenvalue weighted by Crippen LogP contribution is -2.41. The summed E-state index contributed by atoms with van der Waals surface area (Å²) in [7, 11) is 1.87. The van der Waals surface area contributed by atoms with Crippen molar-refractivity contribution in [1.29, 1.82) is 0 Å². The molecule has 1 heteroatoms. The van der Waals surface area contributed by atoms with Crippen molar-refractivity contribution in [3.8, 4) is 0 Å². The Balaban J connectivity index is 1.59. The fourth-order valence-electron chi connectivity index (χ4n) is 7.15. The van der Waals surface area contributed by atoms with Gasteiger partial charge in [-0.15, -0.1) is 0 Å². The molecule has 0 saturated heterocycles. The predicted molar refractivity (Wildman–Crippen MR) is 128 cm³/mol.